The topological polar surface area (TPSA) is 66.0 Å². The van der Waals surface area contributed by atoms with Gasteiger partial charge in [0.25, 0.3) is 0 Å². The van der Waals surface area contributed by atoms with Crippen molar-refractivity contribution in [1.82, 2.24) is 14.8 Å². The Morgan fingerprint density at radius 3 is 3.10 bits per heavy atom. The van der Waals surface area contributed by atoms with Crippen LogP contribution in [-0.4, -0.2) is 27.9 Å². The van der Waals surface area contributed by atoms with Crippen LogP contribution < -0.4 is 10.5 Å². The van der Waals surface area contributed by atoms with E-state index >= 15 is 0 Å². The van der Waals surface area contributed by atoms with Gasteiger partial charge in [0.2, 0.25) is 0 Å². The first-order valence-electron chi connectivity index (χ1n) is 6.86. The van der Waals surface area contributed by atoms with Crippen LogP contribution >= 0.6 is 23.4 Å². The van der Waals surface area contributed by atoms with Crippen LogP contribution in [0.15, 0.2) is 17.3 Å². The summed E-state index contributed by atoms with van der Waals surface area (Å²) in [5.74, 6) is 2.62. The van der Waals surface area contributed by atoms with E-state index in [1.807, 2.05) is 23.6 Å². The van der Waals surface area contributed by atoms with Gasteiger partial charge in [0.1, 0.15) is 11.6 Å². The number of thioether (sulfide) groups is 1. The minimum atomic E-state index is 0.572. The maximum Gasteiger partial charge on any atom is 0.191 e. The molecule has 0 bridgehead atoms. The number of halogens is 1. The quantitative estimate of drug-likeness (QED) is 0.856. The average Bonchev–Trinajstić information content (AvgIpc) is 3.05. The second-order valence-corrected chi connectivity index (χ2v) is 6.29. The van der Waals surface area contributed by atoms with E-state index in [0.29, 0.717) is 6.54 Å². The normalized spacial score (nSPS) is 13.3. The van der Waals surface area contributed by atoms with Crippen LogP contribution in [-0.2, 0) is 18.7 Å². The van der Waals surface area contributed by atoms with Crippen molar-refractivity contribution in [3.63, 3.8) is 0 Å². The summed E-state index contributed by atoms with van der Waals surface area (Å²) in [5, 5.41) is 9.97. The third-order valence-electron chi connectivity index (χ3n) is 3.44. The largest absolute Gasteiger partial charge is 0.493 e. The number of rotatable bonds is 5. The maximum absolute atomic E-state index is 6.18. The lowest BCUT2D eigenvalue weighted by Crippen LogP contribution is -2.12. The maximum atomic E-state index is 6.18. The van der Waals surface area contributed by atoms with Crippen molar-refractivity contribution in [2.24, 2.45) is 5.73 Å². The molecule has 0 atom stereocenters. The SMILES string of the molecule is Cc1nnc(SCc2cc(Cl)cc3c2OCC3)n1CCN. The van der Waals surface area contributed by atoms with E-state index in [-0.39, 0.29) is 0 Å². The molecule has 2 N–H and O–H groups in total. The Balaban J connectivity index is 1.80. The molecule has 0 spiro atoms. The Kier molecular flexibility index (Phi) is 4.37. The summed E-state index contributed by atoms with van der Waals surface area (Å²) in [6.45, 7) is 3.97. The number of aromatic nitrogens is 3. The van der Waals surface area contributed by atoms with E-state index in [2.05, 4.69) is 10.2 Å². The van der Waals surface area contributed by atoms with Gasteiger partial charge < -0.3 is 15.0 Å². The zero-order valence-electron chi connectivity index (χ0n) is 11.8. The second kappa shape index (κ2) is 6.25. The Labute approximate surface area is 132 Å². The fourth-order valence-corrected chi connectivity index (χ4v) is 3.69. The predicted molar refractivity (Wildman–Crippen MR) is 84.0 cm³/mol. The molecule has 0 saturated heterocycles. The molecule has 3 rings (SSSR count). The van der Waals surface area contributed by atoms with Crippen molar-refractivity contribution >= 4 is 23.4 Å². The Morgan fingerprint density at radius 1 is 1.43 bits per heavy atom. The summed E-state index contributed by atoms with van der Waals surface area (Å²) in [5.41, 5.74) is 7.94. The van der Waals surface area contributed by atoms with E-state index in [0.717, 1.165) is 52.6 Å². The highest BCUT2D eigenvalue weighted by Gasteiger charge is 2.18. The van der Waals surface area contributed by atoms with Crippen molar-refractivity contribution in [3.8, 4) is 5.75 Å². The lowest BCUT2D eigenvalue weighted by molar-refractivity contribution is 0.354. The predicted octanol–water partition coefficient (Wildman–Crippen LogP) is 2.43. The molecule has 0 unspecified atom stereocenters. The number of ether oxygens (including phenoxy) is 1. The lowest BCUT2D eigenvalue weighted by atomic mass is 10.1. The van der Waals surface area contributed by atoms with Gasteiger partial charge in [-0.1, -0.05) is 23.4 Å². The van der Waals surface area contributed by atoms with E-state index < -0.39 is 0 Å². The monoisotopic (exact) mass is 324 g/mol. The number of fused-ring (bicyclic) bond motifs is 1. The first kappa shape index (κ1) is 14.7. The van der Waals surface area contributed by atoms with Crippen molar-refractivity contribution in [2.45, 2.75) is 30.8 Å². The van der Waals surface area contributed by atoms with E-state index in [1.165, 1.54) is 5.56 Å². The Bertz CT molecular complexity index is 659. The van der Waals surface area contributed by atoms with Crippen LogP contribution in [0, 0.1) is 6.92 Å². The molecule has 1 aromatic carbocycles. The van der Waals surface area contributed by atoms with Crippen LogP contribution in [0.3, 0.4) is 0 Å². The van der Waals surface area contributed by atoms with Crippen LogP contribution in [0.2, 0.25) is 5.02 Å². The molecule has 0 saturated carbocycles. The molecule has 1 aromatic heterocycles. The second-order valence-electron chi connectivity index (χ2n) is 4.91. The molecule has 0 aliphatic carbocycles. The van der Waals surface area contributed by atoms with Gasteiger partial charge in [0, 0.05) is 35.8 Å². The van der Waals surface area contributed by atoms with Crippen molar-refractivity contribution in [3.05, 3.63) is 34.1 Å². The van der Waals surface area contributed by atoms with Gasteiger partial charge in [-0.2, -0.15) is 0 Å². The molecular weight excluding hydrogens is 308 g/mol. The van der Waals surface area contributed by atoms with Gasteiger partial charge in [-0.3, -0.25) is 0 Å². The molecular formula is C14H17ClN4OS. The van der Waals surface area contributed by atoms with Gasteiger partial charge in [-0.05, 0) is 24.6 Å². The molecule has 2 aromatic rings. The molecule has 0 radical (unpaired) electrons. The van der Waals surface area contributed by atoms with Crippen molar-refractivity contribution < 1.29 is 4.74 Å². The van der Waals surface area contributed by atoms with E-state index in [4.69, 9.17) is 22.1 Å². The highest BCUT2D eigenvalue weighted by Crippen LogP contribution is 2.36. The van der Waals surface area contributed by atoms with Crippen LogP contribution in [0.5, 0.6) is 5.75 Å². The van der Waals surface area contributed by atoms with Crippen LogP contribution in [0.4, 0.5) is 0 Å². The first-order chi connectivity index (χ1) is 10.2. The Morgan fingerprint density at radius 2 is 2.29 bits per heavy atom. The molecule has 5 nitrogen and oxygen atoms in total. The zero-order chi connectivity index (χ0) is 14.8. The van der Waals surface area contributed by atoms with Crippen molar-refractivity contribution in [2.75, 3.05) is 13.2 Å². The summed E-state index contributed by atoms with van der Waals surface area (Å²) in [7, 11) is 0. The lowest BCUT2D eigenvalue weighted by Gasteiger charge is -2.10. The van der Waals surface area contributed by atoms with Crippen molar-refractivity contribution in [1.29, 1.82) is 0 Å². The van der Waals surface area contributed by atoms with Gasteiger partial charge >= 0.3 is 0 Å². The number of hydrogen-bond acceptors (Lipinski definition) is 5. The number of hydrogen-bond donors (Lipinski definition) is 1. The van der Waals surface area contributed by atoms with Crippen LogP contribution in [0.25, 0.3) is 0 Å². The molecule has 1 aliphatic rings. The zero-order valence-corrected chi connectivity index (χ0v) is 13.4. The standard InChI is InChI=1S/C14H17ClN4OS/c1-9-17-18-14(19(9)4-3-16)21-8-11-7-12(15)6-10-2-5-20-13(10)11/h6-7H,2-5,8,16H2,1H3. The van der Waals surface area contributed by atoms with Gasteiger partial charge in [0.15, 0.2) is 5.16 Å². The Hall–Kier alpha value is -1.24. The van der Waals surface area contributed by atoms with E-state index in [9.17, 15) is 0 Å². The molecule has 112 valence electrons. The third-order valence-corrected chi connectivity index (χ3v) is 4.67. The summed E-state index contributed by atoms with van der Waals surface area (Å²) in [6, 6.07) is 3.95. The molecule has 2 heterocycles. The summed E-state index contributed by atoms with van der Waals surface area (Å²) >= 11 is 7.81. The van der Waals surface area contributed by atoms with Crippen LogP contribution in [0.1, 0.15) is 17.0 Å². The number of nitrogens with zero attached hydrogens (tertiary/aromatic N) is 3. The smallest absolute Gasteiger partial charge is 0.191 e. The summed E-state index contributed by atoms with van der Waals surface area (Å²) in [6.07, 6.45) is 0.927. The number of aryl methyl sites for hydroxylation is 1. The van der Waals surface area contributed by atoms with Gasteiger partial charge in [0.05, 0.1) is 6.61 Å². The molecule has 7 heteroatoms. The van der Waals surface area contributed by atoms with E-state index in [1.54, 1.807) is 11.8 Å². The highest BCUT2D eigenvalue weighted by atomic mass is 35.5. The molecule has 0 amide bonds. The average molecular weight is 325 g/mol. The highest BCUT2D eigenvalue weighted by molar-refractivity contribution is 7.98. The molecule has 1 aliphatic heterocycles. The molecule has 21 heavy (non-hydrogen) atoms. The number of nitrogens with two attached hydrogens (primary N) is 1. The molecule has 0 fully saturated rings. The fourth-order valence-electron chi connectivity index (χ4n) is 2.45. The summed E-state index contributed by atoms with van der Waals surface area (Å²) in [4.78, 5) is 0. The minimum absolute atomic E-state index is 0.572. The summed E-state index contributed by atoms with van der Waals surface area (Å²) < 4.78 is 7.76. The third kappa shape index (κ3) is 3.02. The fraction of sp³-hybridized carbons (Fsp3) is 0.429. The number of benzene rings is 1. The van der Waals surface area contributed by atoms with Gasteiger partial charge in [-0.25, -0.2) is 0 Å². The van der Waals surface area contributed by atoms with Gasteiger partial charge in [-0.15, -0.1) is 10.2 Å². The minimum Gasteiger partial charge on any atom is -0.493 e. The first-order valence-corrected chi connectivity index (χ1v) is 8.22.